The second-order valence-electron chi connectivity index (χ2n) is 13.7. The van der Waals surface area contributed by atoms with Crippen molar-refractivity contribution in [3.05, 3.63) is 151 Å². The highest BCUT2D eigenvalue weighted by Crippen LogP contribution is 2.75. The van der Waals surface area contributed by atoms with Crippen LogP contribution in [0.1, 0.15) is 24.3 Å². The molecule has 0 saturated heterocycles. The Balaban J connectivity index is 1.03. The van der Waals surface area contributed by atoms with Gasteiger partial charge >= 0.3 is 0 Å². The average Bonchev–Trinajstić information content (AvgIpc) is 3.18. The van der Waals surface area contributed by atoms with Crippen molar-refractivity contribution >= 4 is 0 Å². The first-order valence-corrected chi connectivity index (χ1v) is 17.3. The van der Waals surface area contributed by atoms with Gasteiger partial charge in [0.25, 0.3) is 0 Å². The van der Waals surface area contributed by atoms with E-state index in [0.29, 0.717) is 23.3 Å². The van der Waals surface area contributed by atoms with Crippen LogP contribution < -0.4 is 0 Å². The van der Waals surface area contributed by atoms with E-state index in [4.69, 9.17) is 24.9 Å². The zero-order valence-corrected chi connectivity index (χ0v) is 26.9. The van der Waals surface area contributed by atoms with E-state index in [2.05, 4.69) is 78.9 Å². The summed E-state index contributed by atoms with van der Waals surface area (Å²) in [5, 5.41) is 0. The van der Waals surface area contributed by atoms with Crippen LogP contribution in [0.2, 0.25) is 0 Å². The minimum Gasteiger partial charge on any atom is -0.228 e. The molecule has 0 bridgehead atoms. The Labute approximate surface area is 285 Å². The van der Waals surface area contributed by atoms with Crippen molar-refractivity contribution in [3.63, 3.8) is 0 Å². The molecule has 5 aromatic carbocycles. The summed E-state index contributed by atoms with van der Waals surface area (Å²) >= 11 is 0. The maximum absolute atomic E-state index is 5.18. The summed E-state index contributed by atoms with van der Waals surface area (Å²) in [4.78, 5) is 24.9. The minimum atomic E-state index is 0.623. The lowest BCUT2D eigenvalue weighted by Gasteiger charge is -2.73. The van der Waals surface area contributed by atoms with Gasteiger partial charge in [0, 0.05) is 33.4 Å². The van der Waals surface area contributed by atoms with Crippen molar-refractivity contribution in [3.8, 4) is 68.1 Å². The van der Waals surface area contributed by atoms with Gasteiger partial charge in [0.15, 0.2) is 23.3 Å². The molecule has 3 aliphatic carbocycles. The number of rotatable bonds is 7. The van der Waals surface area contributed by atoms with E-state index in [1.165, 1.54) is 18.4 Å². The third-order valence-corrected chi connectivity index (χ3v) is 11.1. The van der Waals surface area contributed by atoms with Crippen LogP contribution in [-0.2, 0) is 0 Å². The fraction of sp³-hybridized carbons (Fsp3) is 0.159. The molecule has 0 N–H and O–H groups in total. The number of hydrogen-bond donors (Lipinski definition) is 0. The Morgan fingerprint density at radius 2 is 0.796 bits per heavy atom. The Morgan fingerprint density at radius 1 is 0.367 bits per heavy atom. The molecular formula is C44H33N5. The van der Waals surface area contributed by atoms with E-state index in [1.54, 1.807) is 0 Å². The van der Waals surface area contributed by atoms with Crippen molar-refractivity contribution in [2.75, 3.05) is 0 Å². The molecule has 234 valence electrons. The zero-order chi connectivity index (χ0) is 32.3. The summed E-state index contributed by atoms with van der Waals surface area (Å²) < 4.78 is 0. The fourth-order valence-electron chi connectivity index (χ4n) is 8.58. The number of nitrogens with zero attached hydrogens (tertiary/aromatic N) is 5. The molecule has 10 rings (SSSR count). The van der Waals surface area contributed by atoms with Crippen molar-refractivity contribution in [1.82, 2.24) is 24.9 Å². The van der Waals surface area contributed by atoms with E-state index < -0.39 is 0 Å². The van der Waals surface area contributed by atoms with Crippen LogP contribution in [0.15, 0.2) is 146 Å². The second-order valence-corrected chi connectivity index (χ2v) is 13.7. The topological polar surface area (TPSA) is 64.5 Å². The van der Waals surface area contributed by atoms with Gasteiger partial charge in [-0.3, -0.25) is 0 Å². The smallest absolute Gasteiger partial charge is 0.164 e. The van der Waals surface area contributed by atoms with Crippen molar-refractivity contribution in [2.24, 2.45) is 23.7 Å². The number of hydrogen-bond acceptors (Lipinski definition) is 5. The lowest BCUT2D eigenvalue weighted by atomic mass is 9.31. The van der Waals surface area contributed by atoms with Gasteiger partial charge in [-0.25, -0.2) is 24.9 Å². The predicted octanol–water partition coefficient (Wildman–Crippen LogP) is 10.0. The van der Waals surface area contributed by atoms with E-state index in [0.717, 1.165) is 74.4 Å². The zero-order valence-electron chi connectivity index (χ0n) is 26.9. The molecular weight excluding hydrogens is 599 g/mol. The Kier molecular flexibility index (Phi) is 6.57. The molecule has 0 spiro atoms. The normalized spacial score (nSPS) is 21.5. The summed E-state index contributed by atoms with van der Waals surface area (Å²) in [6, 6.07) is 50.1. The van der Waals surface area contributed by atoms with Gasteiger partial charge in [0.2, 0.25) is 0 Å². The Morgan fingerprint density at radius 3 is 1.29 bits per heavy atom. The van der Waals surface area contributed by atoms with Gasteiger partial charge in [-0.05, 0) is 60.1 Å². The predicted molar refractivity (Wildman–Crippen MR) is 194 cm³/mol. The SMILES string of the molecule is c1ccc(-c2cc(-c3cccc(C4C5CC6CC4C65)c3)nc(-c3ccc(-c4nc(-c5ccccc5)nc(-c5ccccc5)n4)cc3)n2)cc1. The first kappa shape index (κ1) is 28.2. The van der Waals surface area contributed by atoms with Crippen LogP contribution >= 0.6 is 0 Å². The first-order valence-electron chi connectivity index (χ1n) is 17.3. The summed E-state index contributed by atoms with van der Waals surface area (Å²) in [5.74, 6) is 7.17. The van der Waals surface area contributed by atoms with Crippen LogP contribution in [-0.4, -0.2) is 24.9 Å². The van der Waals surface area contributed by atoms with Gasteiger partial charge < -0.3 is 0 Å². The van der Waals surface area contributed by atoms with E-state index in [-0.39, 0.29) is 0 Å². The van der Waals surface area contributed by atoms with Gasteiger partial charge in [-0.2, -0.15) is 0 Å². The molecule has 2 heterocycles. The lowest BCUT2D eigenvalue weighted by Crippen LogP contribution is -2.65. The molecule has 0 amide bonds. The second kappa shape index (κ2) is 11.4. The highest BCUT2D eigenvalue weighted by Gasteiger charge is 2.67. The molecule has 7 aromatic rings. The summed E-state index contributed by atoms with van der Waals surface area (Å²) in [6.45, 7) is 0. The van der Waals surface area contributed by atoms with Crippen molar-refractivity contribution < 1.29 is 0 Å². The third-order valence-electron chi connectivity index (χ3n) is 11.1. The van der Waals surface area contributed by atoms with Crippen molar-refractivity contribution in [1.29, 1.82) is 0 Å². The van der Waals surface area contributed by atoms with E-state index >= 15 is 0 Å². The van der Waals surface area contributed by atoms with Gasteiger partial charge in [0.05, 0.1) is 11.4 Å². The van der Waals surface area contributed by atoms with E-state index in [9.17, 15) is 0 Å². The molecule has 3 aliphatic rings. The molecule has 3 saturated carbocycles. The van der Waals surface area contributed by atoms with Gasteiger partial charge in [-0.15, -0.1) is 0 Å². The maximum atomic E-state index is 5.18. The highest BCUT2D eigenvalue weighted by atomic mass is 15.0. The Bertz CT molecular complexity index is 2230. The molecule has 0 radical (unpaired) electrons. The standard InChI is InChI=1S/C44H33N5/c1-4-11-27(12-5-1)37-26-38(32-17-10-18-33(23-32)39-35-24-34-25-36(39)40(34)35)46-41(45-37)30-19-21-31(22-20-30)44-48-42(28-13-6-2-7-14-28)47-43(49-44)29-15-8-3-9-16-29/h1-23,26,34-36,39-40H,24-25H2. The largest absolute Gasteiger partial charge is 0.228 e. The number of benzene rings is 5. The third kappa shape index (κ3) is 4.88. The molecule has 5 nitrogen and oxygen atoms in total. The molecule has 49 heavy (non-hydrogen) atoms. The van der Waals surface area contributed by atoms with Gasteiger partial charge in [-0.1, -0.05) is 133 Å². The van der Waals surface area contributed by atoms with Crippen LogP contribution in [0.3, 0.4) is 0 Å². The highest BCUT2D eigenvalue weighted by molar-refractivity contribution is 5.74. The summed E-state index contributed by atoms with van der Waals surface area (Å²) in [6.07, 6.45) is 2.85. The van der Waals surface area contributed by atoms with E-state index in [1.807, 2.05) is 66.7 Å². The van der Waals surface area contributed by atoms with Crippen LogP contribution in [0.4, 0.5) is 0 Å². The van der Waals surface area contributed by atoms with Crippen LogP contribution in [0.25, 0.3) is 68.1 Å². The maximum Gasteiger partial charge on any atom is 0.164 e. The molecule has 0 aliphatic heterocycles. The fourth-order valence-corrected chi connectivity index (χ4v) is 8.58. The van der Waals surface area contributed by atoms with Gasteiger partial charge in [0.1, 0.15) is 0 Å². The molecule has 3 fully saturated rings. The minimum absolute atomic E-state index is 0.623. The molecule has 5 heteroatoms. The molecule has 2 atom stereocenters. The van der Waals surface area contributed by atoms with Crippen LogP contribution in [0, 0.1) is 23.7 Å². The first-order chi connectivity index (χ1) is 24.2. The average molecular weight is 632 g/mol. The number of aromatic nitrogens is 5. The lowest BCUT2D eigenvalue weighted by molar-refractivity contribution is -0.214. The Hall–Kier alpha value is -5.81. The summed E-state index contributed by atoms with van der Waals surface area (Å²) in [5.41, 5.74) is 9.31. The quantitative estimate of drug-likeness (QED) is 0.175. The van der Waals surface area contributed by atoms with Crippen LogP contribution in [0.5, 0.6) is 0 Å². The molecule has 2 unspecified atom stereocenters. The molecule has 2 aromatic heterocycles. The van der Waals surface area contributed by atoms with Crippen molar-refractivity contribution in [2.45, 2.75) is 18.8 Å². The summed E-state index contributed by atoms with van der Waals surface area (Å²) in [7, 11) is 0. The monoisotopic (exact) mass is 631 g/mol.